The van der Waals surface area contributed by atoms with Gasteiger partial charge in [-0.2, -0.15) is 13.2 Å². The number of nitrogens with one attached hydrogen (secondary N) is 1. The molecule has 104 valence electrons. The average Bonchev–Trinajstić information content (AvgIpc) is 2.68. The van der Waals surface area contributed by atoms with Crippen LogP contribution >= 0.6 is 0 Å². The molecule has 1 heterocycles. The van der Waals surface area contributed by atoms with Crippen LogP contribution in [-0.4, -0.2) is 35.5 Å². The van der Waals surface area contributed by atoms with Crippen molar-refractivity contribution in [1.29, 1.82) is 0 Å². The van der Waals surface area contributed by atoms with Crippen LogP contribution in [0.2, 0.25) is 0 Å². The molecule has 0 radical (unpaired) electrons. The van der Waals surface area contributed by atoms with Gasteiger partial charge in [0.05, 0.1) is 6.04 Å². The van der Waals surface area contributed by atoms with Gasteiger partial charge in [0.25, 0.3) is 0 Å². The minimum Gasteiger partial charge on any atom is -0.372 e. The molecule has 1 unspecified atom stereocenters. The Morgan fingerprint density at radius 2 is 2.22 bits per heavy atom. The van der Waals surface area contributed by atoms with Crippen LogP contribution < -0.4 is 5.32 Å². The van der Waals surface area contributed by atoms with E-state index in [9.17, 15) is 13.2 Å². The summed E-state index contributed by atoms with van der Waals surface area (Å²) in [5.41, 5.74) is 0. The number of halogens is 3. The summed E-state index contributed by atoms with van der Waals surface area (Å²) in [7, 11) is 1.85. The Labute approximate surface area is 104 Å². The second-order valence-corrected chi connectivity index (χ2v) is 3.96. The fraction of sp³-hybridized carbons (Fsp3) is 0.727. The van der Waals surface area contributed by atoms with E-state index < -0.39 is 12.8 Å². The van der Waals surface area contributed by atoms with Crippen LogP contribution in [0.5, 0.6) is 0 Å². The third kappa shape index (κ3) is 5.05. The predicted octanol–water partition coefficient (Wildman–Crippen LogP) is 2.04. The van der Waals surface area contributed by atoms with Crippen LogP contribution in [-0.2, 0) is 11.8 Å². The molecule has 7 heteroatoms. The lowest BCUT2D eigenvalue weighted by atomic mass is 10.2. The number of rotatable bonds is 7. The van der Waals surface area contributed by atoms with Crippen molar-refractivity contribution in [1.82, 2.24) is 14.9 Å². The first kappa shape index (κ1) is 15.0. The molecule has 1 N–H and O–H groups in total. The smallest absolute Gasteiger partial charge is 0.372 e. The zero-order valence-corrected chi connectivity index (χ0v) is 10.5. The zero-order valence-electron chi connectivity index (χ0n) is 10.5. The molecule has 1 atom stereocenters. The van der Waals surface area contributed by atoms with Crippen LogP contribution in [0.25, 0.3) is 0 Å². The van der Waals surface area contributed by atoms with Crippen molar-refractivity contribution in [2.45, 2.75) is 25.6 Å². The molecule has 18 heavy (non-hydrogen) atoms. The van der Waals surface area contributed by atoms with Crippen LogP contribution in [0.3, 0.4) is 0 Å². The maximum atomic E-state index is 11.9. The van der Waals surface area contributed by atoms with E-state index in [0.717, 1.165) is 12.4 Å². The minimum atomic E-state index is -4.27. The van der Waals surface area contributed by atoms with E-state index in [0.29, 0.717) is 6.42 Å². The van der Waals surface area contributed by atoms with Gasteiger partial charge in [0.1, 0.15) is 12.4 Å². The standard InChI is InChI=1S/C11H18F3N3O/c1-3-15-9(10-16-5-6-17(10)2)4-7-18-8-11(12,13)14/h5-6,9,15H,3-4,7-8H2,1-2H3. The molecule has 0 aliphatic carbocycles. The molecule has 0 spiro atoms. The lowest BCUT2D eigenvalue weighted by Crippen LogP contribution is -2.26. The van der Waals surface area contributed by atoms with Crippen molar-refractivity contribution in [3.8, 4) is 0 Å². The number of imidazole rings is 1. The monoisotopic (exact) mass is 265 g/mol. The predicted molar refractivity (Wildman–Crippen MR) is 61.1 cm³/mol. The molecular weight excluding hydrogens is 247 g/mol. The van der Waals surface area contributed by atoms with Crippen molar-refractivity contribution in [2.24, 2.45) is 7.05 Å². The Bertz CT molecular complexity index is 352. The quantitative estimate of drug-likeness (QED) is 0.767. The van der Waals surface area contributed by atoms with Gasteiger partial charge < -0.3 is 14.6 Å². The summed E-state index contributed by atoms with van der Waals surface area (Å²) in [6.07, 6.45) is -0.349. The van der Waals surface area contributed by atoms with Gasteiger partial charge in [-0.1, -0.05) is 6.92 Å². The number of hydrogen-bond donors (Lipinski definition) is 1. The zero-order chi connectivity index (χ0) is 13.6. The maximum Gasteiger partial charge on any atom is 0.411 e. The molecule has 1 aromatic rings. The minimum absolute atomic E-state index is 0.0457. The number of ether oxygens (including phenoxy) is 1. The molecular formula is C11H18F3N3O. The Kier molecular flexibility index (Phi) is 5.61. The molecule has 0 aliphatic heterocycles. The molecule has 0 bridgehead atoms. The van der Waals surface area contributed by atoms with Crippen LogP contribution in [0, 0.1) is 0 Å². The van der Waals surface area contributed by atoms with E-state index >= 15 is 0 Å². The lowest BCUT2D eigenvalue weighted by molar-refractivity contribution is -0.174. The third-order valence-electron chi connectivity index (χ3n) is 2.44. The van der Waals surface area contributed by atoms with Gasteiger partial charge in [0.2, 0.25) is 0 Å². The van der Waals surface area contributed by atoms with Gasteiger partial charge in [0, 0.05) is 26.0 Å². The van der Waals surface area contributed by atoms with E-state index in [1.54, 1.807) is 12.4 Å². The second kappa shape index (κ2) is 6.75. The number of aromatic nitrogens is 2. The summed E-state index contributed by atoms with van der Waals surface area (Å²) in [5.74, 6) is 0.799. The van der Waals surface area contributed by atoms with Crippen molar-refractivity contribution in [3.63, 3.8) is 0 Å². The topological polar surface area (TPSA) is 39.1 Å². The Morgan fingerprint density at radius 3 is 2.72 bits per heavy atom. The van der Waals surface area contributed by atoms with Gasteiger partial charge in [-0.05, 0) is 13.0 Å². The van der Waals surface area contributed by atoms with Gasteiger partial charge in [-0.25, -0.2) is 4.98 Å². The molecule has 4 nitrogen and oxygen atoms in total. The van der Waals surface area contributed by atoms with Gasteiger partial charge in [-0.3, -0.25) is 0 Å². The fourth-order valence-corrected chi connectivity index (χ4v) is 1.67. The van der Waals surface area contributed by atoms with Gasteiger partial charge in [0.15, 0.2) is 0 Å². The van der Waals surface area contributed by atoms with Crippen molar-refractivity contribution in [2.75, 3.05) is 19.8 Å². The molecule has 0 aliphatic rings. The Balaban J connectivity index is 2.42. The average molecular weight is 265 g/mol. The van der Waals surface area contributed by atoms with Crippen molar-refractivity contribution >= 4 is 0 Å². The Hall–Kier alpha value is -1.08. The van der Waals surface area contributed by atoms with E-state index in [-0.39, 0.29) is 12.6 Å². The normalized spacial score (nSPS) is 13.8. The van der Waals surface area contributed by atoms with Crippen LogP contribution in [0.4, 0.5) is 13.2 Å². The van der Waals surface area contributed by atoms with Crippen molar-refractivity contribution in [3.05, 3.63) is 18.2 Å². The molecule has 0 aromatic carbocycles. The SMILES string of the molecule is CCNC(CCOCC(F)(F)F)c1nccn1C. The number of aryl methyl sites for hydroxylation is 1. The van der Waals surface area contributed by atoms with E-state index in [2.05, 4.69) is 15.0 Å². The first-order valence-corrected chi connectivity index (χ1v) is 5.79. The van der Waals surface area contributed by atoms with Crippen molar-refractivity contribution < 1.29 is 17.9 Å². The summed E-state index contributed by atoms with van der Waals surface area (Å²) in [6, 6.07) is -0.0942. The Morgan fingerprint density at radius 1 is 1.50 bits per heavy atom. The van der Waals surface area contributed by atoms with Crippen LogP contribution in [0.15, 0.2) is 12.4 Å². The fourth-order valence-electron chi connectivity index (χ4n) is 1.67. The first-order chi connectivity index (χ1) is 8.44. The lowest BCUT2D eigenvalue weighted by Gasteiger charge is -2.18. The summed E-state index contributed by atoms with van der Waals surface area (Å²) >= 11 is 0. The van der Waals surface area contributed by atoms with E-state index in [1.807, 2.05) is 18.5 Å². The summed E-state index contributed by atoms with van der Waals surface area (Å²) < 4.78 is 42.2. The van der Waals surface area contributed by atoms with E-state index in [4.69, 9.17) is 0 Å². The summed E-state index contributed by atoms with van der Waals surface area (Å²) in [5, 5.41) is 3.18. The maximum absolute atomic E-state index is 11.9. The summed E-state index contributed by atoms with van der Waals surface area (Å²) in [4.78, 5) is 4.18. The molecule has 0 amide bonds. The number of alkyl halides is 3. The number of nitrogens with zero attached hydrogens (tertiary/aromatic N) is 2. The van der Waals surface area contributed by atoms with Gasteiger partial charge in [-0.15, -0.1) is 0 Å². The van der Waals surface area contributed by atoms with Gasteiger partial charge >= 0.3 is 6.18 Å². The highest BCUT2D eigenvalue weighted by molar-refractivity contribution is 4.98. The third-order valence-corrected chi connectivity index (χ3v) is 2.44. The molecule has 0 saturated carbocycles. The molecule has 1 aromatic heterocycles. The van der Waals surface area contributed by atoms with E-state index in [1.165, 1.54) is 0 Å². The number of hydrogen-bond acceptors (Lipinski definition) is 3. The summed E-state index contributed by atoms with van der Waals surface area (Å²) in [6.45, 7) is 1.50. The van der Waals surface area contributed by atoms with Crippen LogP contribution in [0.1, 0.15) is 25.2 Å². The first-order valence-electron chi connectivity index (χ1n) is 5.79. The largest absolute Gasteiger partial charge is 0.411 e. The molecule has 0 fully saturated rings. The molecule has 0 saturated heterocycles. The molecule has 1 rings (SSSR count). The highest BCUT2D eigenvalue weighted by Gasteiger charge is 2.27. The highest BCUT2D eigenvalue weighted by atomic mass is 19.4. The highest BCUT2D eigenvalue weighted by Crippen LogP contribution is 2.17. The second-order valence-electron chi connectivity index (χ2n) is 3.96.